The van der Waals surface area contributed by atoms with Crippen molar-refractivity contribution in [1.29, 1.82) is 0 Å². The minimum absolute atomic E-state index is 0.118. The molecule has 1 aromatic rings. The van der Waals surface area contributed by atoms with Crippen LogP contribution in [-0.2, 0) is 17.9 Å². The molecule has 0 spiro atoms. The van der Waals surface area contributed by atoms with Gasteiger partial charge >= 0.3 is 12.0 Å². The fourth-order valence-corrected chi connectivity index (χ4v) is 1.59. The molecular formula is C11H19N5O3. The molecule has 19 heavy (non-hydrogen) atoms. The summed E-state index contributed by atoms with van der Waals surface area (Å²) in [6.07, 6.45) is 3.41. The van der Waals surface area contributed by atoms with Gasteiger partial charge in [0.05, 0.1) is 12.7 Å². The minimum Gasteiger partial charge on any atom is -0.480 e. The SMILES string of the molecule is CCCC(C)NC(=O)NCc1cn(CC(=O)O)nn1. The molecule has 0 aliphatic heterocycles. The summed E-state index contributed by atoms with van der Waals surface area (Å²) in [5, 5.41) is 21.4. The molecule has 0 aromatic carbocycles. The number of hydrogen-bond donors (Lipinski definition) is 3. The summed E-state index contributed by atoms with van der Waals surface area (Å²) in [7, 11) is 0. The summed E-state index contributed by atoms with van der Waals surface area (Å²) in [5.41, 5.74) is 0.513. The fraction of sp³-hybridized carbons (Fsp3) is 0.636. The molecule has 1 aromatic heterocycles. The van der Waals surface area contributed by atoms with Gasteiger partial charge < -0.3 is 15.7 Å². The predicted molar refractivity (Wildman–Crippen MR) is 67.4 cm³/mol. The van der Waals surface area contributed by atoms with Gasteiger partial charge in [-0.25, -0.2) is 9.48 Å². The third-order valence-electron chi connectivity index (χ3n) is 2.41. The molecule has 8 nitrogen and oxygen atoms in total. The molecule has 1 unspecified atom stereocenters. The third-order valence-corrected chi connectivity index (χ3v) is 2.41. The standard InChI is InChI=1S/C11H19N5O3/c1-3-4-8(2)13-11(19)12-5-9-6-16(15-14-9)7-10(17)18/h6,8H,3-5,7H2,1-2H3,(H,17,18)(H2,12,13,19). The molecule has 2 amide bonds. The largest absolute Gasteiger partial charge is 0.480 e. The highest BCUT2D eigenvalue weighted by Gasteiger charge is 2.08. The van der Waals surface area contributed by atoms with Crippen LogP contribution in [0.1, 0.15) is 32.4 Å². The first-order valence-electron chi connectivity index (χ1n) is 6.16. The van der Waals surface area contributed by atoms with Crippen molar-refractivity contribution in [3.05, 3.63) is 11.9 Å². The molecule has 106 valence electrons. The van der Waals surface area contributed by atoms with Gasteiger partial charge in [0.2, 0.25) is 0 Å². The number of carbonyl (C=O) groups is 2. The van der Waals surface area contributed by atoms with Gasteiger partial charge in [0.15, 0.2) is 0 Å². The summed E-state index contributed by atoms with van der Waals surface area (Å²) in [6, 6.07) is -0.151. The van der Waals surface area contributed by atoms with Crippen LogP contribution in [0.5, 0.6) is 0 Å². The Labute approximate surface area is 111 Å². The fourth-order valence-electron chi connectivity index (χ4n) is 1.59. The first-order valence-corrected chi connectivity index (χ1v) is 6.16. The van der Waals surface area contributed by atoms with Gasteiger partial charge in [0, 0.05) is 6.04 Å². The molecule has 0 fully saturated rings. The second-order valence-corrected chi connectivity index (χ2v) is 4.32. The number of carbonyl (C=O) groups excluding carboxylic acids is 1. The molecule has 0 radical (unpaired) electrons. The zero-order valence-corrected chi connectivity index (χ0v) is 11.1. The molecule has 8 heteroatoms. The van der Waals surface area contributed by atoms with Crippen LogP contribution in [0.3, 0.4) is 0 Å². The molecule has 0 bridgehead atoms. The number of aromatic nitrogens is 3. The van der Waals surface area contributed by atoms with Crippen molar-refractivity contribution in [1.82, 2.24) is 25.6 Å². The highest BCUT2D eigenvalue weighted by molar-refractivity contribution is 5.74. The van der Waals surface area contributed by atoms with E-state index in [4.69, 9.17) is 5.11 Å². The van der Waals surface area contributed by atoms with Crippen molar-refractivity contribution in [3.8, 4) is 0 Å². The van der Waals surface area contributed by atoms with E-state index in [0.717, 1.165) is 12.8 Å². The van der Waals surface area contributed by atoms with Gasteiger partial charge in [-0.05, 0) is 13.3 Å². The molecule has 0 saturated heterocycles. The number of carboxylic acid groups (broad SMARTS) is 1. The second-order valence-electron chi connectivity index (χ2n) is 4.32. The topological polar surface area (TPSA) is 109 Å². The van der Waals surface area contributed by atoms with Gasteiger partial charge in [0.25, 0.3) is 0 Å². The average molecular weight is 269 g/mol. The number of rotatable bonds is 7. The summed E-state index contributed by atoms with van der Waals surface area (Å²) >= 11 is 0. The van der Waals surface area contributed by atoms with Gasteiger partial charge in [-0.3, -0.25) is 4.79 Å². The number of amides is 2. The van der Waals surface area contributed by atoms with Crippen LogP contribution >= 0.6 is 0 Å². The minimum atomic E-state index is -0.990. The molecule has 0 aliphatic rings. The Bertz CT molecular complexity index is 432. The molecular weight excluding hydrogens is 250 g/mol. The maximum Gasteiger partial charge on any atom is 0.325 e. The number of carboxylic acids is 1. The number of hydrogen-bond acceptors (Lipinski definition) is 4. The van der Waals surface area contributed by atoms with Crippen LogP contribution in [0.4, 0.5) is 4.79 Å². The molecule has 1 heterocycles. The quantitative estimate of drug-likeness (QED) is 0.661. The van der Waals surface area contributed by atoms with E-state index in [1.54, 1.807) is 0 Å². The van der Waals surface area contributed by atoms with E-state index >= 15 is 0 Å². The van der Waals surface area contributed by atoms with E-state index in [-0.39, 0.29) is 25.2 Å². The zero-order chi connectivity index (χ0) is 14.3. The highest BCUT2D eigenvalue weighted by atomic mass is 16.4. The van der Waals surface area contributed by atoms with Crippen LogP contribution in [0.2, 0.25) is 0 Å². The highest BCUT2D eigenvalue weighted by Crippen LogP contribution is 1.95. The summed E-state index contributed by atoms with van der Waals surface area (Å²) in [5.74, 6) is -0.990. The van der Waals surface area contributed by atoms with Gasteiger partial charge in [0.1, 0.15) is 12.2 Å². The predicted octanol–water partition coefficient (Wildman–Crippen LogP) is 0.350. The van der Waals surface area contributed by atoms with E-state index in [2.05, 4.69) is 27.9 Å². The lowest BCUT2D eigenvalue weighted by Crippen LogP contribution is -2.40. The Hall–Kier alpha value is -2.12. The number of aliphatic carboxylic acids is 1. The summed E-state index contributed by atoms with van der Waals surface area (Å²) < 4.78 is 1.21. The second kappa shape index (κ2) is 7.34. The van der Waals surface area contributed by atoms with E-state index in [9.17, 15) is 9.59 Å². The Morgan fingerprint density at radius 1 is 1.53 bits per heavy atom. The van der Waals surface area contributed by atoms with Crippen molar-refractivity contribution >= 4 is 12.0 Å². The Balaban J connectivity index is 2.33. The van der Waals surface area contributed by atoms with E-state index < -0.39 is 5.97 Å². The molecule has 1 atom stereocenters. The summed E-state index contributed by atoms with van der Waals surface area (Å²) in [6.45, 7) is 3.96. The van der Waals surface area contributed by atoms with Crippen LogP contribution < -0.4 is 10.6 Å². The number of nitrogens with zero attached hydrogens (tertiary/aromatic N) is 3. The number of urea groups is 1. The van der Waals surface area contributed by atoms with Crippen LogP contribution in [-0.4, -0.2) is 38.1 Å². The Kier molecular flexibility index (Phi) is 5.77. The van der Waals surface area contributed by atoms with Crippen molar-refractivity contribution in [2.75, 3.05) is 0 Å². The molecule has 0 saturated carbocycles. The van der Waals surface area contributed by atoms with Crippen molar-refractivity contribution in [3.63, 3.8) is 0 Å². The van der Waals surface area contributed by atoms with Crippen molar-refractivity contribution in [2.45, 2.75) is 45.8 Å². The first kappa shape index (κ1) is 14.9. The van der Waals surface area contributed by atoms with Crippen LogP contribution in [0.15, 0.2) is 6.20 Å². The lowest BCUT2D eigenvalue weighted by Gasteiger charge is -2.12. The average Bonchev–Trinajstić information content (AvgIpc) is 2.73. The van der Waals surface area contributed by atoms with Crippen LogP contribution in [0.25, 0.3) is 0 Å². The van der Waals surface area contributed by atoms with Gasteiger partial charge in [-0.2, -0.15) is 0 Å². The number of nitrogens with one attached hydrogen (secondary N) is 2. The maximum atomic E-state index is 11.5. The van der Waals surface area contributed by atoms with E-state index in [1.165, 1.54) is 10.9 Å². The Morgan fingerprint density at radius 2 is 2.26 bits per heavy atom. The first-order chi connectivity index (χ1) is 9.01. The lowest BCUT2D eigenvalue weighted by atomic mass is 10.2. The Morgan fingerprint density at radius 3 is 2.89 bits per heavy atom. The lowest BCUT2D eigenvalue weighted by molar-refractivity contribution is -0.137. The summed E-state index contributed by atoms with van der Waals surface area (Å²) in [4.78, 5) is 22.0. The van der Waals surface area contributed by atoms with E-state index in [0.29, 0.717) is 5.69 Å². The van der Waals surface area contributed by atoms with Crippen molar-refractivity contribution in [2.24, 2.45) is 0 Å². The van der Waals surface area contributed by atoms with Crippen molar-refractivity contribution < 1.29 is 14.7 Å². The van der Waals surface area contributed by atoms with Gasteiger partial charge in [-0.15, -0.1) is 5.10 Å². The zero-order valence-electron chi connectivity index (χ0n) is 11.1. The normalized spacial score (nSPS) is 11.9. The van der Waals surface area contributed by atoms with E-state index in [1.807, 2.05) is 6.92 Å². The molecule has 0 aliphatic carbocycles. The third kappa shape index (κ3) is 5.84. The maximum absolute atomic E-state index is 11.5. The smallest absolute Gasteiger partial charge is 0.325 e. The molecule has 1 rings (SSSR count). The monoisotopic (exact) mass is 269 g/mol. The van der Waals surface area contributed by atoms with Gasteiger partial charge in [-0.1, -0.05) is 18.6 Å². The molecule has 3 N–H and O–H groups in total. The van der Waals surface area contributed by atoms with Crippen LogP contribution in [0, 0.1) is 0 Å².